The molecule has 5 heteroatoms. The molecule has 1 aromatic carbocycles. The van der Waals surface area contributed by atoms with Crippen molar-refractivity contribution in [3.8, 4) is 5.69 Å². The third kappa shape index (κ3) is 3.29. The first-order chi connectivity index (χ1) is 11.2. The van der Waals surface area contributed by atoms with E-state index < -0.39 is 0 Å². The van der Waals surface area contributed by atoms with Crippen molar-refractivity contribution in [1.82, 2.24) is 14.7 Å². The topological polar surface area (TPSA) is 42.6 Å². The molecule has 2 aromatic rings. The van der Waals surface area contributed by atoms with Gasteiger partial charge in [0, 0.05) is 0 Å². The van der Waals surface area contributed by atoms with Gasteiger partial charge in [-0.3, -0.25) is 4.79 Å². The van der Waals surface area contributed by atoms with Gasteiger partial charge < -0.3 is 9.80 Å². The standard InChI is InChI=1S/C18H24N4O/c1-3-7-17-16(18(23)21-12-10-20(2)11-13-21)14-19-22(17)15-8-5-4-6-9-15/h4-6,8-9,14H,3,7,10-13H2,1-2H3/p+1. The zero-order valence-electron chi connectivity index (χ0n) is 14.0. The van der Waals surface area contributed by atoms with E-state index in [0.717, 1.165) is 56.0 Å². The Bertz CT molecular complexity index is 657. The molecule has 0 unspecified atom stereocenters. The Hall–Kier alpha value is -2.14. The van der Waals surface area contributed by atoms with Crippen LogP contribution in [0.15, 0.2) is 36.5 Å². The molecule has 1 aliphatic heterocycles. The maximum absolute atomic E-state index is 12.9. The number of rotatable bonds is 4. The summed E-state index contributed by atoms with van der Waals surface area (Å²) in [4.78, 5) is 16.4. The van der Waals surface area contributed by atoms with Gasteiger partial charge in [-0.25, -0.2) is 4.68 Å². The summed E-state index contributed by atoms with van der Waals surface area (Å²) in [5, 5.41) is 4.50. The van der Waals surface area contributed by atoms with E-state index in [1.54, 1.807) is 6.20 Å². The molecule has 0 spiro atoms. The smallest absolute Gasteiger partial charge is 0.257 e. The highest BCUT2D eigenvalue weighted by atomic mass is 16.2. The molecule has 1 aromatic heterocycles. The molecular weight excluding hydrogens is 288 g/mol. The van der Waals surface area contributed by atoms with Crippen LogP contribution in [0.1, 0.15) is 29.4 Å². The van der Waals surface area contributed by atoms with Crippen molar-refractivity contribution in [2.45, 2.75) is 19.8 Å². The molecule has 1 fully saturated rings. The second-order valence-corrected chi connectivity index (χ2v) is 6.25. The highest BCUT2D eigenvalue weighted by Gasteiger charge is 2.26. The van der Waals surface area contributed by atoms with Crippen molar-refractivity contribution in [3.63, 3.8) is 0 Å². The first-order valence-corrected chi connectivity index (χ1v) is 8.43. The van der Waals surface area contributed by atoms with Gasteiger partial charge in [0.2, 0.25) is 0 Å². The maximum Gasteiger partial charge on any atom is 0.257 e. The number of hydrogen-bond donors (Lipinski definition) is 1. The molecule has 122 valence electrons. The average molecular weight is 313 g/mol. The minimum atomic E-state index is 0.128. The number of nitrogens with zero attached hydrogens (tertiary/aromatic N) is 3. The fourth-order valence-corrected chi connectivity index (χ4v) is 3.08. The molecule has 1 amide bonds. The Morgan fingerprint density at radius 3 is 2.57 bits per heavy atom. The van der Waals surface area contributed by atoms with Crippen LogP contribution in [-0.4, -0.2) is 53.8 Å². The molecular formula is C18H25N4O+. The molecule has 0 bridgehead atoms. The summed E-state index contributed by atoms with van der Waals surface area (Å²) in [7, 11) is 2.18. The van der Waals surface area contributed by atoms with Gasteiger partial charge in [0.1, 0.15) is 0 Å². The number of para-hydroxylation sites is 1. The lowest BCUT2D eigenvalue weighted by molar-refractivity contribution is -0.883. The van der Waals surface area contributed by atoms with Crippen LogP contribution in [0.4, 0.5) is 0 Å². The minimum absolute atomic E-state index is 0.128. The van der Waals surface area contributed by atoms with Crippen molar-refractivity contribution >= 4 is 5.91 Å². The molecule has 3 rings (SSSR count). The number of piperazine rings is 1. The summed E-state index contributed by atoms with van der Waals surface area (Å²) in [6, 6.07) is 10.0. The monoisotopic (exact) mass is 313 g/mol. The first-order valence-electron chi connectivity index (χ1n) is 8.43. The number of quaternary nitrogens is 1. The van der Waals surface area contributed by atoms with Crippen LogP contribution >= 0.6 is 0 Å². The molecule has 23 heavy (non-hydrogen) atoms. The summed E-state index contributed by atoms with van der Waals surface area (Å²) in [6.07, 6.45) is 3.59. The summed E-state index contributed by atoms with van der Waals surface area (Å²) < 4.78 is 1.91. The summed E-state index contributed by atoms with van der Waals surface area (Å²) >= 11 is 0. The van der Waals surface area contributed by atoms with Gasteiger partial charge in [0.25, 0.3) is 5.91 Å². The maximum atomic E-state index is 12.9. The number of amides is 1. The van der Waals surface area contributed by atoms with Gasteiger partial charge in [-0.05, 0) is 18.6 Å². The predicted octanol–water partition coefficient (Wildman–Crippen LogP) is 0.795. The van der Waals surface area contributed by atoms with E-state index in [2.05, 4.69) is 19.1 Å². The first kappa shape index (κ1) is 15.7. The second kappa shape index (κ2) is 6.96. The van der Waals surface area contributed by atoms with E-state index in [9.17, 15) is 4.79 Å². The van der Waals surface area contributed by atoms with Gasteiger partial charge in [0.15, 0.2) is 0 Å². The zero-order chi connectivity index (χ0) is 16.2. The quantitative estimate of drug-likeness (QED) is 0.907. The van der Waals surface area contributed by atoms with Crippen molar-refractivity contribution in [3.05, 3.63) is 47.8 Å². The molecule has 2 heterocycles. The van der Waals surface area contributed by atoms with Crippen molar-refractivity contribution in [1.29, 1.82) is 0 Å². The molecule has 0 aliphatic carbocycles. The van der Waals surface area contributed by atoms with Crippen molar-refractivity contribution in [2.24, 2.45) is 0 Å². The van der Waals surface area contributed by atoms with Gasteiger partial charge in [-0.15, -0.1) is 0 Å². The SMILES string of the molecule is CCCc1c(C(=O)N2CC[NH+](C)CC2)cnn1-c1ccccc1. The Labute approximate surface area is 137 Å². The van der Waals surface area contributed by atoms with E-state index in [4.69, 9.17) is 0 Å². The number of carbonyl (C=O) groups is 1. The van der Waals surface area contributed by atoms with Crippen LogP contribution in [0, 0.1) is 0 Å². The molecule has 1 aliphatic rings. The molecule has 5 nitrogen and oxygen atoms in total. The lowest BCUT2D eigenvalue weighted by Crippen LogP contribution is -3.12. The summed E-state index contributed by atoms with van der Waals surface area (Å²) in [5.41, 5.74) is 2.79. The Morgan fingerprint density at radius 1 is 1.22 bits per heavy atom. The normalized spacial score (nSPS) is 15.8. The van der Waals surface area contributed by atoms with E-state index in [1.165, 1.54) is 4.90 Å². The van der Waals surface area contributed by atoms with E-state index in [0.29, 0.717) is 0 Å². The fraction of sp³-hybridized carbons (Fsp3) is 0.444. The molecule has 1 saturated heterocycles. The summed E-state index contributed by atoms with van der Waals surface area (Å²) in [5.74, 6) is 0.128. The van der Waals surface area contributed by atoms with E-state index in [1.807, 2.05) is 39.9 Å². The Kier molecular flexibility index (Phi) is 4.76. The Balaban J connectivity index is 1.90. The largest absolute Gasteiger partial charge is 0.334 e. The van der Waals surface area contributed by atoms with E-state index >= 15 is 0 Å². The predicted molar refractivity (Wildman–Crippen MR) is 90.1 cm³/mol. The van der Waals surface area contributed by atoms with Crippen molar-refractivity contribution in [2.75, 3.05) is 33.2 Å². The number of aromatic nitrogens is 2. The minimum Gasteiger partial charge on any atom is -0.334 e. The lowest BCUT2D eigenvalue weighted by atomic mass is 10.1. The lowest BCUT2D eigenvalue weighted by Gasteiger charge is -2.30. The van der Waals surface area contributed by atoms with Gasteiger partial charge in [-0.2, -0.15) is 5.10 Å². The van der Waals surface area contributed by atoms with Crippen LogP contribution < -0.4 is 4.90 Å². The number of benzene rings is 1. The van der Waals surface area contributed by atoms with Gasteiger partial charge in [-0.1, -0.05) is 31.5 Å². The highest BCUT2D eigenvalue weighted by molar-refractivity contribution is 5.95. The molecule has 1 N–H and O–H groups in total. The van der Waals surface area contributed by atoms with Crippen LogP contribution in [0.3, 0.4) is 0 Å². The summed E-state index contributed by atoms with van der Waals surface area (Å²) in [6.45, 7) is 5.82. The van der Waals surface area contributed by atoms with Crippen LogP contribution in [-0.2, 0) is 6.42 Å². The van der Waals surface area contributed by atoms with Crippen molar-refractivity contribution < 1.29 is 9.69 Å². The number of hydrogen-bond acceptors (Lipinski definition) is 2. The molecule has 0 radical (unpaired) electrons. The second-order valence-electron chi connectivity index (χ2n) is 6.25. The molecule has 0 saturated carbocycles. The number of carbonyl (C=O) groups excluding carboxylic acids is 1. The molecule has 0 atom stereocenters. The van der Waals surface area contributed by atoms with Gasteiger partial charge >= 0.3 is 0 Å². The number of likely N-dealkylation sites (N-methyl/N-ethyl adjacent to an activating group) is 1. The van der Waals surface area contributed by atoms with Crippen LogP contribution in [0.2, 0.25) is 0 Å². The van der Waals surface area contributed by atoms with Crippen LogP contribution in [0.5, 0.6) is 0 Å². The third-order valence-corrected chi connectivity index (χ3v) is 4.49. The van der Waals surface area contributed by atoms with Crippen LogP contribution in [0.25, 0.3) is 5.69 Å². The Morgan fingerprint density at radius 2 is 1.91 bits per heavy atom. The zero-order valence-corrected chi connectivity index (χ0v) is 14.0. The third-order valence-electron chi connectivity index (χ3n) is 4.49. The highest BCUT2D eigenvalue weighted by Crippen LogP contribution is 2.18. The average Bonchev–Trinajstić information content (AvgIpc) is 3.00. The van der Waals surface area contributed by atoms with Gasteiger partial charge in [0.05, 0.1) is 56.4 Å². The fourth-order valence-electron chi connectivity index (χ4n) is 3.08. The number of nitrogens with one attached hydrogen (secondary N) is 1. The van der Waals surface area contributed by atoms with E-state index in [-0.39, 0.29) is 5.91 Å².